The largest absolute Gasteiger partial charge is 0.466 e. The number of hydrogen-bond acceptors (Lipinski definition) is 3. The van der Waals surface area contributed by atoms with Crippen LogP contribution in [0.4, 0.5) is 0 Å². The van der Waals surface area contributed by atoms with E-state index >= 15 is 0 Å². The highest BCUT2D eigenvalue weighted by Gasteiger charge is 2.37. The molecular weight excluding hydrogens is 326 g/mol. The molecule has 1 aromatic carbocycles. The fraction of sp³-hybridized carbons (Fsp3) is 0.381. The van der Waals surface area contributed by atoms with E-state index in [0.29, 0.717) is 13.1 Å². The maximum atomic E-state index is 13.3. The van der Waals surface area contributed by atoms with Crippen molar-refractivity contribution in [2.45, 2.75) is 32.7 Å². The number of benzene rings is 1. The average molecular weight is 351 g/mol. The van der Waals surface area contributed by atoms with Gasteiger partial charge in [0.25, 0.3) is 5.91 Å². The summed E-state index contributed by atoms with van der Waals surface area (Å²) in [4.78, 5) is 15.2. The zero-order valence-corrected chi connectivity index (χ0v) is 15.7. The maximum absolute atomic E-state index is 13.3. The van der Waals surface area contributed by atoms with E-state index in [-0.39, 0.29) is 17.9 Å². The molecule has 0 radical (unpaired) electrons. The Labute approximate surface area is 153 Å². The summed E-state index contributed by atoms with van der Waals surface area (Å²) in [7, 11) is 1.97. The van der Waals surface area contributed by atoms with Crippen molar-refractivity contribution in [3.05, 3.63) is 58.7 Å². The van der Waals surface area contributed by atoms with E-state index in [1.54, 1.807) is 0 Å². The fourth-order valence-corrected chi connectivity index (χ4v) is 4.30. The Balaban J connectivity index is 1.69. The molecule has 1 amide bonds. The van der Waals surface area contributed by atoms with Gasteiger partial charge in [-0.1, -0.05) is 18.2 Å². The van der Waals surface area contributed by atoms with Crippen LogP contribution in [0.1, 0.15) is 39.1 Å². The van der Waals surface area contributed by atoms with Gasteiger partial charge in [0.2, 0.25) is 0 Å². The zero-order valence-electron chi connectivity index (χ0n) is 15.7. The second kappa shape index (κ2) is 6.02. The molecule has 0 bridgehead atoms. The monoisotopic (exact) mass is 351 g/mol. The van der Waals surface area contributed by atoms with Gasteiger partial charge in [-0.2, -0.15) is 0 Å². The van der Waals surface area contributed by atoms with Crippen molar-refractivity contribution in [3.63, 3.8) is 0 Å². The molecule has 136 valence electrons. The van der Waals surface area contributed by atoms with Gasteiger partial charge in [0.1, 0.15) is 17.2 Å². The quantitative estimate of drug-likeness (QED) is 0.771. The van der Waals surface area contributed by atoms with Crippen molar-refractivity contribution in [2.75, 3.05) is 13.1 Å². The molecule has 4 rings (SSSR count). The number of para-hydroxylation sites is 1. The van der Waals surface area contributed by atoms with Gasteiger partial charge in [-0.25, -0.2) is 0 Å². The lowest BCUT2D eigenvalue weighted by molar-refractivity contribution is 0.0779. The molecule has 1 aliphatic rings. The van der Waals surface area contributed by atoms with E-state index in [9.17, 15) is 4.79 Å². The van der Waals surface area contributed by atoms with Crippen LogP contribution in [-0.2, 0) is 7.05 Å². The van der Waals surface area contributed by atoms with Crippen molar-refractivity contribution >= 4 is 16.8 Å². The third-order valence-corrected chi connectivity index (χ3v) is 5.65. The standard InChI is InChI=1S/C21H25N3O2/c1-12-6-5-7-15-14(3)20(23(4)19(12)15)21(25)24-10-16(17(22)11-24)18-9-8-13(2)26-18/h5-9,16-17H,10-11,22H2,1-4H3. The SMILES string of the molecule is Cc1ccc(C2CN(C(=O)c3c(C)c4cccc(C)c4n3C)CC2N)o1. The molecule has 0 spiro atoms. The van der Waals surface area contributed by atoms with Gasteiger partial charge in [0.15, 0.2) is 0 Å². The molecule has 2 unspecified atom stereocenters. The van der Waals surface area contributed by atoms with Crippen LogP contribution in [0.25, 0.3) is 10.9 Å². The summed E-state index contributed by atoms with van der Waals surface area (Å²) in [6, 6.07) is 10.0. The van der Waals surface area contributed by atoms with E-state index in [1.807, 2.05) is 48.6 Å². The third kappa shape index (κ3) is 2.46. The molecular formula is C21H25N3O2. The minimum atomic E-state index is -0.110. The van der Waals surface area contributed by atoms with Crippen molar-refractivity contribution in [1.82, 2.24) is 9.47 Å². The molecule has 1 fully saturated rings. The molecule has 5 heteroatoms. The first-order valence-corrected chi connectivity index (χ1v) is 9.04. The first-order chi connectivity index (χ1) is 12.4. The predicted molar refractivity (Wildman–Crippen MR) is 102 cm³/mol. The lowest BCUT2D eigenvalue weighted by Crippen LogP contribution is -2.33. The lowest BCUT2D eigenvalue weighted by Gasteiger charge is -2.17. The summed E-state index contributed by atoms with van der Waals surface area (Å²) in [5.41, 5.74) is 10.4. The number of carbonyl (C=O) groups is 1. The fourth-order valence-electron chi connectivity index (χ4n) is 4.30. The summed E-state index contributed by atoms with van der Waals surface area (Å²) < 4.78 is 7.79. The molecule has 0 saturated carbocycles. The summed E-state index contributed by atoms with van der Waals surface area (Å²) in [5.74, 6) is 1.83. The van der Waals surface area contributed by atoms with Crippen molar-refractivity contribution in [1.29, 1.82) is 0 Å². The summed E-state index contributed by atoms with van der Waals surface area (Å²) in [6.45, 7) is 7.17. The number of aryl methyl sites for hydroxylation is 4. The topological polar surface area (TPSA) is 64.4 Å². The molecule has 5 nitrogen and oxygen atoms in total. The highest BCUT2D eigenvalue weighted by Crippen LogP contribution is 2.32. The summed E-state index contributed by atoms with van der Waals surface area (Å²) >= 11 is 0. The number of carbonyl (C=O) groups excluding carboxylic acids is 1. The Hall–Kier alpha value is -2.53. The lowest BCUT2D eigenvalue weighted by atomic mass is 10.0. The highest BCUT2D eigenvalue weighted by molar-refractivity contribution is 6.02. The second-order valence-corrected chi connectivity index (χ2v) is 7.43. The van der Waals surface area contributed by atoms with Crippen LogP contribution in [0.3, 0.4) is 0 Å². The van der Waals surface area contributed by atoms with E-state index in [0.717, 1.165) is 33.7 Å². The van der Waals surface area contributed by atoms with Crippen LogP contribution >= 0.6 is 0 Å². The number of likely N-dealkylation sites (tertiary alicyclic amines) is 1. The van der Waals surface area contributed by atoms with Crippen LogP contribution in [0.2, 0.25) is 0 Å². The van der Waals surface area contributed by atoms with Crippen molar-refractivity contribution < 1.29 is 9.21 Å². The van der Waals surface area contributed by atoms with Crippen LogP contribution in [-0.4, -0.2) is 34.5 Å². The molecule has 1 saturated heterocycles. The van der Waals surface area contributed by atoms with Gasteiger partial charge >= 0.3 is 0 Å². The van der Waals surface area contributed by atoms with Crippen molar-refractivity contribution in [3.8, 4) is 0 Å². The van der Waals surface area contributed by atoms with Gasteiger partial charge in [-0.15, -0.1) is 0 Å². The Morgan fingerprint density at radius 3 is 2.58 bits per heavy atom. The second-order valence-electron chi connectivity index (χ2n) is 7.43. The van der Waals surface area contributed by atoms with E-state index < -0.39 is 0 Å². The number of rotatable bonds is 2. The first-order valence-electron chi connectivity index (χ1n) is 9.04. The Kier molecular flexibility index (Phi) is 3.92. The zero-order chi connectivity index (χ0) is 18.6. The maximum Gasteiger partial charge on any atom is 0.270 e. The van der Waals surface area contributed by atoms with Gasteiger partial charge in [0.05, 0.1) is 11.4 Å². The highest BCUT2D eigenvalue weighted by atomic mass is 16.3. The van der Waals surface area contributed by atoms with Crippen molar-refractivity contribution in [2.24, 2.45) is 12.8 Å². The predicted octanol–water partition coefficient (Wildman–Crippen LogP) is 3.26. The normalized spacial score (nSPS) is 20.3. The number of furan rings is 1. The minimum absolute atomic E-state index is 0.0434. The molecule has 2 atom stereocenters. The summed E-state index contributed by atoms with van der Waals surface area (Å²) in [5, 5.41) is 1.14. The molecule has 0 aliphatic carbocycles. The third-order valence-electron chi connectivity index (χ3n) is 5.65. The smallest absolute Gasteiger partial charge is 0.270 e. The molecule has 2 aromatic heterocycles. The Morgan fingerprint density at radius 2 is 1.92 bits per heavy atom. The van der Waals surface area contributed by atoms with E-state index in [4.69, 9.17) is 10.2 Å². The average Bonchev–Trinajstić information content (AvgIpc) is 3.25. The number of nitrogens with two attached hydrogens (primary N) is 1. The molecule has 3 heterocycles. The van der Waals surface area contributed by atoms with Crippen LogP contribution < -0.4 is 5.73 Å². The van der Waals surface area contributed by atoms with E-state index in [1.165, 1.54) is 5.56 Å². The van der Waals surface area contributed by atoms with Gasteiger partial charge < -0.3 is 19.6 Å². The molecule has 26 heavy (non-hydrogen) atoms. The number of amides is 1. The Morgan fingerprint density at radius 1 is 1.15 bits per heavy atom. The molecule has 2 N–H and O–H groups in total. The minimum Gasteiger partial charge on any atom is -0.466 e. The van der Waals surface area contributed by atoms with Crippen LogP contribution in [0, 0.1) is 20.8 Å². The number of nitrogens with zero attached hydrogens (tertiary/aromatic N) is 2. The van der Waals surface area contributed by atoms with Crippen LogP contribution in [0.15, 0.2) is 34.7 Å². The number of aromatic nitrogens is 1. The first kappa shape index (κ1) is 16.9. The molecule has 1 aliphatic heterocycles. The van der Waals surface area contributed by atoms with E-state index in [2.05, 4.69) is 19.1 Å². The summed E-state index contributed by atoms with van der Waals surface area (Å²) in [6.07, 6.45) is 0. The van der Waals surface area contributed by atoms with Gasteiger partial charge in [-0.3, -0.25) is 4.79 Å². The van der Waals surface area contributed by atoms with Gasteiger partial charge in [-0.05, 0) is 44.0 Å². The van der Waals surface area contributed by atoms with Gasteiger partial charge in [0, 0.05) is 31.6 Å². The van der Waals surface area contributed by atoms with Crippen LogP contribution in [0.5, 0.6) is 0 Å². The Bertz CT molecular complexity index is 998. The molecule has 3 aromatic rings. The number of hydrogen-bond donors (Lipinski definition) is 1. The number of fused-ring (bicyclic) bond motifs is 1.